The van der Waals surface area contributed by atoms with Gasteiger partial charge in [-0.15, -0.1) is 11.3 Å². The Hall–Kier alpha value is -5.39. The molecule has 4 heteroatoms. The second-order valence-electron chi connectivity index (χ2n) is 11.5. The maximum Gasteiger partial charge on any atom is 0.116 e. The van der Waals surface area contributed by atoms with Crippen molar-refractivity contribution in [2.24, 2.45) is 11.5 Å². The first-order valence-corrected chi connectivity index (χ1v) is 16.4. The molecule has 0 fully saturated rings. The second-order valence-corrected chi connectivity index (χ2v) is 12.6. The Balaban J connectivity index is 0.000000159. The number of fused-ring (bicyclic) bond motifs is 4. The number of nitrogens with two attached hydrogens (primary N) is 2. The third-order valence-corrected chi connectivity index (χ3v) is 9.62. The number of hydrogen-bond acceptors (Lipinski definition) is 4. The van der Waals surface area contributed by atoms with E-state index in [2.05, 4.69) is 135 Å². The van der Waals surface area contributed by atoms with E-state index in [-0.39, 0.29) is 0 Å². The molecule has 8 rings (SSSR count). The molecule has 7 aromatic carbocycles. The number of thiophene rings is 1. The summed E-state index contributed by atoms with van der Waals surface area (Å²) in [6, 6.07) is 56.9. The van der Waals surface area contributed by atoms with E-state index in [0.717, 1.165) is 16.7 Å². The first kappa shape index (κ1) is 31.6. The van der Waals surface area contributed by atoms with E-state index in [4.69, 9.17) is 16.9 Å². The molecule has 0 saturated carbocycles. The Kier molecular flexibility index (Phi) is 9.37. The fraction of sp³-hybridized carbons (Fsp3) is 0.0465. The monoisotopic (exact) mass is 627 g/mol. The van der Waals surface area contributed by atoms with Gasteiger partial charge in [-0.25, -0.2) is 0 Å². The molecule has 0 saturated heterocycles. The van der Waals surface area contributed by atoms with Gasteiger partial charge in [-0.05, 0) is 69.9 Å². The Bertz CT molecular complexity index is 2250. The summed E-state index contributed by atoms with van der Waals surface area (Å²) in [5.74, 6) is 0. The molecule has 5 N–H and O–H groups in total. The molecule has 8 aromatic rings. The van der Waals surface area contributed by atoms with Gasteiger partial charge in [-0.1, -0.05) is 157 Å². The third-order valence-electron chi connectivity index (χ3n) is 8.48. The number of rotatable bonds is 4. The van der Waals surface area contributed by atoms with Gasteiger partial charge in [-0.3, -0.25) is 0 Å². The number of benzene rings is 7. The first-order chi connectivity index (χ1) is 23.0. The van der Waals surface area contributed by atoms with Gasteiger partial charge in [0.1, 0.15) is 5.66 Å². The fourth-order valence-electron chi connectivity index (χ4n) is 6.03. The van der Waals surface area contributed by atoms with E-state index in [1.54, 1.807) is 0 Å². The molecule has 0 aliphatic heterocycles. The number of aryl methyl sites for hydroxylation is 1. The van der Waals surface area contributed by atoms with Crippen LogP contribution in [0.2, 0.25) is 0 Å². The lowest BCUT2D eigenvalue weighted by atomic mass is 9.91. The second kappa shape index (κ2) is 13.9. The van der Waals surface area contributed by atoms with Crippen LogP contribution in [0.25, 0.3) is 53.2 Å². The van der Waals surface area contributed by atoms with Gasteiger partial charge in [0.25, 0.3) is 0 Å². The van der Waals surface area contributed by atoms with Crippen LogP contribution in [-0.2, 0) is 5.66 Å². The van der Waals surface area contributed by atoms with Gasteiger partial charge in [0.05, 0.1) is 0 Å². The summed E-state index contributed by atoms with van der Waals surface area (Å²) in [7, 11) is 0. The van der Waals surface area contributed by atoms with Crippen molar-refractivity contribution in [3.8, 4) is 22.3 Å². The summed E-state index contributed by atoms with van der Waals surface area (Å²) in [4.78, 5) is 0. The van der Waals surface area contributed by atoms with E-state index < -0.39 is 5.66 Å². The van der Waals surface area contributed by atoms with Crippen LogP contribution in [0.4, 0.5) is 0 Å². The van der Waals surface area contributed by atoms with Crippen molar-refractivity contribution in [3.05, 3.63) is 180 Å². The van der Waals surface area contributed by atoms with E-state index in [9.17, 15) is 0 Å². The maximum atomic E-state index is 6.42. The zero-order chi connectivity index (χ0) is 32.8. The quantitative estimate of drug-likeness (QED) is 0.134. The molecule has 230 valence electrons. The summed E-state index contributed by atoms with van der Waals surface area (Å²) in [6.45, 7) is 4.63. The molecule has 0 unspecified atom stereocenters. The molecule has 0 spiro atoms. The van der Waals surface area contributed by atoms with Crippen LogP contribution in [-0.4, -0.2) is 6.72 Å². The largest absolute Gasteiger partial charge is 0.317 e. The summed E-state index contributed by atoms with van der Waals surface area (Å²) >= 11 is 1.87. The zero-order valence-electron chi connectivity index (χ0n) is 26.4. The molecule has 0 radical (unpaired) electrons. The normalized spacial score (nSPS) is 11.0. The molecule has 47 heavy (non-hydrogen) atoms. The SMILES string of the molecule is C=N.Cc1ccc(-c2cccc3sc4ccccc4c23)cc1.NC(N)(c1ccccc1)c1ccc(-c2cccc3ccccc23)cc1. The van der Waals surface area contributed by atoms with Gasteiger partial charge >= 0.3 is 0 Å². The average molecular weight is 628 g/mol. The van der Waals surface area contributed by atoms with Gasteiger partial charge in [0.15, 0.2) is 0 Å². The highest BCUT2D eigenvalue weighted by molar-refractivity contribution is 7.25. The van der Waals surface area contributed by atoms with Crippen molar-refractivity contribution < 1.29 is 0 Å². The Morgan fingerprint density at radius 2 is 1.00 bits per heavy atom. The Morgan fingerprint density at radius 1 is 0.489 bits per heavy atom. The van der Waals surface area contributed by atoms with Gasteiger partial charge in [-0.2, -0.15) is 0 Å². The highest BCUT2D eigenvalue weighted by atomic mass is 32.1. The standard InChI is InChI=1S/C23H20N2.C19H14S.CH3N/c24-23(25,19-9-2-1-3-10-19)20-15-13-18(14-16-20)22-12-6-8-17-7-4-5-11-21(17)22;1-13-9-11-14(12-10-13)15-6-4-8-18-19(15)16-5-2-3-7-17(16)20-18;1-2/h1-16H,24-25H2;2-12H,1H3;2H,1H2. The minimum Gasteiger partial charge on any atom is -0.317 e. The fourth-order valence-corrected chi connectivity index (χ4v) is 7.16. The van der Waals surface area contributed by atoms with Crippen LogP contribution >= 0.6 is 11.3 Å². The molecular formula is C43H37N3S. The minimum absolute atomic E-state index is 0.891. The van der Waals surface area contributed by atoms with E-state index in [0.29, 0.717) is 0 Å². The van der Waals surface area contributed by atoms with Crippen LogP contribution in [0.1, 0.15) is 16.7 Å². The van der Waals surface area contributed by atoms with Crippen molar-refractivity contribution in [1.29, 1.82) is 5.41 Å². The molecular weight excluding hydrogens is 591 g/mol. The molecule has 0 aliphatic rings. The molecule has 1 aromatic heterocycles. The lowest BCUT2D eigenvalue weighted by molar-refractivity contribution is 0.568. The van der Waals surface area contributed by atoms with Gasteiger partial charge in [0.2, 0.25) is 0 Å². The predicted molar refractivity (Wildman–Crippen MR) is 204 cm³/mol. The number of nitrogens with one attached hydrogen (secondary N) is 1. The Morgan fingerprint density at radius 3 is 1.74 bits per heavy atom. The average Bonchev–Trinajstić information content (AvgIpc) is 3.52. The van der Waals surface area contributed by atoms with Gasteiger partial charge in [0, 0.05) is 20.2 Å². The van der Waals surface area contributed by atoms with Crippen LogP contribution in [0, 0.1) is 12.3 Å². The summed E-state index contributed by atoms with van der Waals surface area (Å²) in [5.41, 5.74) is 19.9. The summed E-state index contributed by atoms with van der Waals surface area (Å²) in [6.07, 6.45) is 0. The first-order valence-electron chi connectivity index (χ1n) is 15.5. The predicted octanol–water partition coefficient (Wildman–Crippen LogP) is 10.9. The molecule has 0 amide bonds. The highest BCUT2D eigenvalue weighted by Crippen LogP contribution is 2.39. The molecule has 0 aliphatic carbocycles. The van der Waals surface area contributed by atoms with E-state index in [1.165, 1.54) is 53.2 Å². The lowest BCUT2D eigenvalue weighted by Crippen LogP contribution is -2.47. The molecule has 3 nitrogen and oxygen atoms in total. The van der Waals surface area contributed by atoms with Crippen molar-refractivity contribution in [2.45, 2.75) is 12.6 Å². The molecule has 0 atom stereocenters. The summed E-state index contributed by atoms with van der Waals surface area (Å²) < 4.78 is 2.73. The minimum atomic E-state index is -1.00. The third kappa shape index (κ3) is 6.49. The topological polar surface area (TPSA) is 75.9 Å². The van der Waals surface area contributed by atoms with Crippen LogP contribution in [0.15, 0.2) is 164 Å². The van der Waals surface area contributed by atoms with Crippen molar-refractivity contribution in [2.75, 3.05) is 0 Å². The van der Waals surface area contributed by atoms with E-state index >= 15 is 0 Å². The summed E-state index contributed by atoms with van der Waals surface area (Å²) in [5, 5.41) is 10.7. The van der Waals surface area contributed by atoms with Gasteiger partial charge < -0.3 is 16.9 Å². The van der Waals surface area contributed by atoms with E-state index in [1.807, 2.05) is 53.8 Å². The lowest BCUT2D eigenvalue weighted by Gasteiger charge is -2.26. The smallest absolute Gasteiger partial charge is 0.116 e. The van der Waals surface area contributed by atoms with Crippen molar-refractivity contribution in [3.63, 3.8) is 0 Å². The van der Waals surface area contributed by atoms with Crippen LogP contribution in [0.3, 0.4) is 0 Å². The Labute approximate surface area is 280 Å². The molecule has 1 heterocycles. The molecule has 0 bridgehead atoms. The van der Waals surface area contributed by atoms with Crippen molar-refractivity contribution in [1.82, 2.24) is 0 Å². The van der Waals surface area contributed by atoms with Crippen LogP contribution < -0.4 is 11.5 Å². The maximum absolute atomic E-state index is 6.42. The highest BCUT2D eigenvalue weighted by Gasteiger charge is 2.24. The van der Waals surface area contributed by atoms with Crippen LogP contribution in [0.5, 0.6) is 0 Å². The van der Waals surface area contributed by atoms with Crippen molar-refractivity contribution >= 4 is 49.0 Å². The zero-order valence-corrected chi connectivity index (χ0v) is 27.2. The number of hydrogen-bond donors (Lipinski definition) is 3.